The van der Waals surface area contributed by atoms with Crippen LogP contribution in [0.4, 0.5) is 0 Å². The van der Waals surface area contributed by atoms with E-state index in [0.717, 1.165) is 19.5 Å². The first kappa shape index (κ1) is 20.7. The molecular weight excluding hydrogens is 294 g/mol. The van der Waals surface area contributed by atoms with Crippen LogP contribution in [-0.4, -0.2) is 47.9 Å². The Morgan fingerprint density at radius 1 is 1.25 bits per heavy atom. The predicted molar refractivity (Wildman–Crippen MR) is 108 cm³/mol. The van der Waals surface area contributed by atoms with E-state index in [2.05, 4.69) is 63.3 Å². The third-order valence-corrected chi connectivity index (χ3v) is 4.65. The smallest absolute Gasteiger partial charge is 0.118 e. The van der Waals surface area contributed by atoms with Gasteiger partial charge < -0.3 is 4.90 Å². The summed E-state index contributed by atoms with van der Waals surface area (Å²) in [6.07, 6.45) is 14.2. The van der Waals surface area contributed by atoms with Crippen LogP contribution in [0.15, 0.2) is 41.6 Å². The van der Waals surface area contributed by atoms with Crippen LogP contribution in [0.25, 0.3) is 0 Å². The van der Waals surface area contributed by atoms with Crippen LogP contribution in [0.3, 0.4) is 0 Å². The SMILES string of the molecule is C=C/C=C\C/C=C1\CN=C(CN(C)C(C)C)N1C(CCC)CCC. The van der Waals surface area contributed by atoms with Crippen LogP contribution in [0, 0.1) is 0 Å². The van der Waals surface area contributed by atoms with Crippen LogP contribution in [0.5, 0.6) is 0 Å². The number of nitrogens with zero attached hydrogens (tertiary/aromatic N) is 3. The van der Waals surface area contributed by atoms with E-state index in [1.165, 1.54) is 37.2 Å². The molecule has 0 amide bonds. The van der Waals surface area contributed by atoms with Crippen molar-refractivity contribution in [1.82, 2.24) is 9.80 Å². The Morgan fingerprint density at radius 2 is 1.92 bits per heavy atom. The van der Waals surface area contributed by atoms with Crippen molar-refractivity contribution in [1.29, 1.82) is 0 Å². The standard InChI is InChI=1S/C21H37N3/c1-7-10-11-12-15-20-16-22-21(17-23(6)18(4)5)24(20)19(13-8-2)14-9-3/h7,10-11,15,18-19H,1,8-9,12-14,16-17H2,2-6H3/b11-10-,20-15+. The van der Waals surface area contributed by atoms with Crippen LogP contribution in [0.1, 0.15) is 59.8 Å². The summed E-state index contributed by atoms with van der Waals surface area (Å²) in [5.74, 6) is 1.25. The lowest BCUT2D eigenvalue weighted by Gasteiger charge is -2.34. The normalized spacial score (nSPS) is 17.1. The van der Waals surface area contributed by atoms with Gasteiger partial charge in [-0.25, -0.2) is 0 Å². The van der Waals surface area contributed by atoms with Gasteiger partial charge in [0.1, 0.15) is 5.84 Å². The van der Waals surface area contributed by atoms with Gasteiger partial charge >= 0.3 is 0 Å². The zero-order valence-corrected chi connectivity index (χ0v) is 16.5. The molecule has 1 heterocycles. The molecule has 0 saturated heterocycles. The summed E-state index contributed by atoms with van der Waals surface area (Å²) in [5, 5.41) is 0. The van der Waals surface area contributed by atoms with E-state index >= 15 is 0 Å². The molecular formula is C21H37N3. The molecule has 24 heavy (non-hydrogen) atoms. The van der Waals surface area contributed by atoms with Gasteiger partial charge in [0.05, 0.1) is 13.1 Å². The molecule has 1 aliphatic rings. The predicted octanol–water partition coefficient (Wildman–Crippen LogP) is 5.03. The molecule has 0 radical (unpaired) electrons. The minimum atomic E-state index is 0.536. The minimum Gasteiger partial charge on any atom is -0.328 e. The van der Waals surface area contributed by atoms with Gasteiger partial charge in [0.2, 0.25) is 0 Å². The fourth-order valence-electron chi connectivity index (χ4n) is 3.08. The fraction of sp³-hybridized carbons (Fsp3) is 0.667. The summed E-state index contributed by atoms with van der Waals surface area (Å²) in [4.78, 5) is 9.82. The molecule has 0 fully saturated rings. The van der Waals surface area contributed by atoms with Gasteiger partial charge in [0.25, 0.3) is 0 Å². The van der Waals surface area contributed by atoms with Crippen molar-refractivity contribution in [2.45, 2.75) is 71.9 Å². The van der Waals surface area contributed by atoms with Gasteiger partial charge in [-0.3, -0.25) is 9.89 Å². The molecule has 0 saturated carbocycles. The van der Waals surface area contributed by atoms with Crippen LogP contribution in [0.2, 0.25) is 0 Å². The number of allylic oxidation sites excluding steroid dienone is 4. The first-order chi connectivity index (χ1) is 11.5. The van der Waals surface area contributed by atoms with E-state index in [0.29, 0.717) is 12.1 Å². The van der Waals surface area contributed by atoms with E-state index in [1.54, 1.807) is 0 Å². The number of likely N-dealkylation sites (N-methyl/N-ethyl adjacent to an activating group) is 1. The summed E-state index contributed by atoms with van der Waals surface area (Å²) in [5.41, 5.74) is 1.38. The summed E-state index contributed by atoms with van der Waals surface area (Å²) in [7, 11) is 2.19. The highest BCUT2D eigenvalue weighted by Gasteiger charge is 2.29. The molecule has 0 aliphatic carbocycles. The zero-order chi connectivity index (χ0) is 17.9. The Kier molecular flexibility index (Phi) is 9.70. The van der Waals surface area contributed by atoms with Crippen molar-refractivity contribution in [3.8, 4) is 0 Å². The zero-order valence-electron chi connectivity index (χ0n) is 16.5. The first-order valence-electron chi connectivity index (χ1n) is 9.54. The minimum absolute atomic E-state index is 0.536. The molecule has 0 spiro atoms. The highest BCUT2D eigenvalue weighted by Crippen LogP contribution is 2.25. The lowest BCUT2D eigenvalue weighted by atomic mass is 10.0. The van der Waals surface area contributed by atoms with Gasteiger partial charge in [-0.15, -0.1) is 0 Å². The molecule has 136 valence electrons. The summed E-state index contributed by atoms with van der Waals surface area (Å²) < 4.78 is 0. The molecule has 1 aliphatic heterocycles. The molecule has 0 aromatic heterocycles. The van der Waals surface area contributed by atoms with Crippen molar-refractivity contribution in [3.63, 3.8) is 0 Å². The number of amidine groups is 1. The first-order valence-corrected chi connectivity index (χ1v) is 9.54. The van der Waals surface area contributed by atoms with Crippen molar-refractivity contribution in [2.24, 2.45) is 4.99 Å². The Labute approximate surface area is 149 Å². The summed E-state index contributed by atoms with van der Waals surface area (Å²) in [6.45, 7) is 14.5. The molecule has 3 heteroatoms. The quantitative estimate of drug-likeness (QED) is 0.495. The van der Waals surface area contributed by atoms with Crippen molar-refractivity contribution < 1.29 is 0 Å². The second-order valence-electron chi connectivity index (χ2n) is 6.94. The number of rotatable bonds is 11. The van der Waals surface area contributed by atoms with Gasteiger partial charge in [-0.05, 0) is 40.2 Å². The maximum Gasteiger partial charge on any atom is 0.118 e. The van der Waals surface area contributed by atoms with Crippen LogP contribution in [-0.2, 0) is 0 Å². The highest BCUT2D eigenvalue weighted by atomic mass is 15.3. The van der Waals surface area contributed by atoms with Crippen molar-refractivity contribution >= 4 is 5.84 Å². The van der Waals surface area contributed by atoms with Crippen molar-refractivity contribution in [3.05, 3.63) is 36.6 Å². The van der Waals surface area contributed by atoms with Gasteiger partial charge in [0.15, 0.2) is 0 Å². The Hall–Kier alpha value is -1.35. The third kappa shape index (κ3) is 6.27. The Bertz CT molecular complexity index is 454. The van der Waals surface area contributed by atoms with Crippen molar-refractivity contribution in [2.75, 3.05) is 20.1 Å². The van der Waals surface area contributed by atoms with Gasteiger partial charge in [-0.2, -0.15) is 0 Å². The average Bonchev–Trinajstić information content (AvgIpc) is 2.93. The molecule has 0 unspecified atom stereocenters. The number of hydrogen-bond donors (Lipinski definition) is 0. The molecule has 0 aromatic carbocycles. The molecule has 0 bridgehead atoms. The third-order valence-electron chi connectivity index (χ3n) is 4.65. The monoisotopic (exact) mass is 331 g/mol. The van der Waals surface area contributed by atoms with E-state index < -0.39 is 0 Å². The Morgan fingerprint density at radius 3 is 2.46 bits per heavy atom. The molecule has 0 aromatic rings. The average molecular weight is 332 g/mol. The highest BCUT2D eigenvalue weighted by molar-refractivity contribution is 5.88. The summed E-state index contributed by atoms with van der Waals surface area (Å²) >= 11 is 0. The molecule has 0 atom stereocenters. The second kappa shape index (κ2) is 11.2. The van der Waals surface area contributed by atoms with Gasteiger partial charge in [0, 0.05) is 17.8 Å². The van der Waals surface area contributed by atoms with Gasteiger partial charge in [-0.1, -0.05) is 57.6 Å². The maximum atomic E-state index is 4.89. The molecule has 0 N–H and O–H groups in total. The molecule has 3 nitrogen and oxygen atoms in total. The lowest BCUT2D eigenvalue weighted by Crippen LogP contribution is -2.43. The fourth-order valence-corrected chi connectivity index (χ4v) is 3.08. The van der Waals surface area contributed by atoms with E-state index in [4.69, 9.17) is 4.99 Å². The van der Waals surface area contributed by atoms with E-state index in [-0.39, 0.29) is 0 Å². The van der Waals surface area contributed by atoms with E-state index in [1.807, 2.05) is 12.2 Å². The maximum absolute atomic E-state index is 4.89. The molecule has 1 rings (SSSR count). The lowest BCUT2D eigenvalue weighted by molar-refractivity contribution is 0.283. The topological polar surface area (TPSA) is 18.8 Å². The number of aliphatic imine (C=N–C) groups is 1. The van der Waals surface area contributed by atoms with Crippen LogP contribution < -0.4 is 0 Å². The number of hydrogen-bond acceptors (Lipinski definition) is 3. The Balaban J connectivity index is 2.96. The second-order valence-corrected chi connectivity index (χ2v) is 6.94. The van der Waals surface area contributed by atoms with E-state index in [9.17, 15) is 0 Å². The van der Waals surface area contributed by atoms with Crippen LogP contribution >= 0.6 is 0 Å². The summed E-state index contributed by atoms with van der Waals surface area (Å²) in [6, 6.07) is 1.12. The largest absolute Gasteiger partial charge is 0.328 e.